The first-order valence-electron chi connectivity index (χ1n) is 5.92. The molecule has 5 nitrogen and oxygen atoms in total. The summed E-state index contributed by atoms with van der Waals surface area (Å²) in [5, 5.41) is 5.25. The molecule has 0 heterocycles. The van der Waals surface area contributed by atoms with E-state index in [1.165, 1.54) is 4.31 Å². The summed E-state index contributed by atoms with van der Waals surface area (Å²) in [5.41, 5.74) is 0.853. The van der Waals surface area contributed by atoms with Gasteiger partial charge in [0.1, 0.15) is 5.75 Å². The Bertz CT molecular complexity index is 511. The summed E-state index contributed by atoms with van der Waals surface area (Å²) in [5.74, 6) is 0.727. The van der Waals surface area contributed by atoms with Crippen molar-refractivity contribution in [2.45, 2.75) is 25.9 Å². The number of benzene rings is 1. The molecule has 1 atom stereocenters. The zero-order valence-corrected chi connectivity index (χ0v) is 12.1. The lowest BCUT2D eigenvalue weighted by atomic mass is 10.2. The Balaban J connectivity index is 2.90. The maximum Gasteiger partial charge on any atom is 0.277 e. The molecule has 0 radical (unpaired) electrons. The fourth-order valence-corrected chi connectivity index (χ4v) is 2.68. The van der Waals surface area contributed by atoms with Crippen LogP contribution in [-0.4, -0.2) is 25.9 Å². The predicted molar refractivity (Wildman–Crippen MR) is 75.9 cm³/mol. The third-order valence-electron chi connectivity index (χ3n) is 2.82. The average Bonchev–Trinajstić information content (AvgIpc) is 2.35. The van der Waals surface area contributed by atoms with Crippen LogP contribution in [0.5, 0.6) is 5.75 Å². The van der Waals surface area contributed by atoms with Gasteiger partial charge in [-0.1, -0.05) is 18.2 Å². The van der Waals surface area contributed by atoms with Gasteiger partial charge in [-0.3, -0.25) is 0 Å². The molecular weight excluding hydrogens is 264 g/mol. The molecule has 0 amide bonds. The highest BCUT2D eigenvalue weighted by molar-refractivity contribution is 7.86. The standard InChI is InChI=1S/C13H20N2O3S/c1-4-5-11(2)15(19(14,16)17)10-12-6-8-13(18-3)9-7-12/h4,6-9,11H,1,5,10H2,2-3H3,(H2,14,16,17)/t11-/m0/s1. The third kappa shape index (κ3) is 4.66. The molecule has 2 N–H and O–H groups in total. The molecule has 0 aliphatic carbocycles. The Morgan fingerprint density at radius 1 is 1.42 bits per heavy atom. The van der Waals surface area contributed by atoms with E-state index in [2.05, 4.69) is 6.58 Å². The summed E-state index contributed by atoms with van der Waals surface area (Å²) in [6.45, 7) is 5.65. The number of nitrogens with zero attached hydrogens (tertiary/aromatic N) is 1. The molecule has 1 rings (SSSR count). The third-order valence-corrected chi connectivity index (χ3v) is 3.97. The van der Waals surface area contributed by atoms with Crippen LogP contribution in [0.1, 0.15) is 18.9 Å². The van der Waals surface area contributed by atoms with Crippen molar-refractivity contribution in [1.29, 1.82) is 0 Å². The van der Waals surface area contributed by atoms with Crippen molar-refractivity contribution >= 4 is 10.2 Å². The van der Waals surface area contributed by atoms with E-state index in [1.807, 2.05) is 12.1 Å². The van der Waals surface area contributed by atoms with E-state index in [0.717, 1.165) is 11.3 Å². The van der Waals surface area contributed by atoms with Crippen molar-refractivity contribution in [3.63, 3.8) is 0 Å². The van der Waals surface area contributed by atoms with Crippen LogP contribution in [0.4, 0.5) is 0 Å². The maximum absolute atomic E-state index is 11.6. The van der Waals surface area contributed by atoms with Gasteiger partial charge < -0.3 is 4.74 Å². The van der Waals surface area contributed by atoms with Crippen molar-refractivity contribution < 1.29 is 13.2 Å². The van der Waals surface area contributed by atoms with Crippen LogP contribution in [0.15, 0.2) is 36.9 Å². The Labute approximate surface area is 114 Å². The summed E-state index contributed by atoms with van der Waals surface area (Å²) in [6, 6.07) is 6.98. The molecule has 0 aliphatic rings. The second-order valence-corrected chi connectivity index (χ2v) is 5.81. The predicted octanol–water partition coefficient (Wildman–Crippen LogP) is 1.67. The van der Waals surface area contributed by atoms with Crippen LogP contribution < -0.4 is 9.88 Å². The van der Waals surface area contributed by atoms with E-state index in [4.69, 9.17) is 9.88 Å². The minimum absolute atomic E-state index is 0.227. The van der Waals surface area contributed by atoms with E-state index in [-0.39, 0.29) is 12.6 Å². The van der Waals surface area contributed by atoms with Crippen molar-refractivity contribution in [2.24, 2.45) is 5.14 Å². The number of rotatable bonds is 7. The van der Waals surface area contributed by atoms with E-state index >= 15 is 0 Å². The van der Waals surface area contributed by atoms with Crippen LogP contribution >= 0.6 is 0 Å². The Kier molecular flexibility index (Phi) is 5.53. The molecule has 0 aromatic heterocycles. The summed E-state index contributed by atoms with van der Waals surface area (Å²) >= 11 is 0. The molecule has 19 heavy (non-hydrogen) atoms. The minimum atomic E-state index is -3.75. The van der Waals surface area contributed by atoms with Crippen LogP contribution in [-0.2, 0) is 16.8 Å². The lowest BCUT2D eigenvalue weighted by Gasteiger charge is -2.25. The summed E-state index contributed by atoms with van der Waals surface area (Å²) < 4.78 is 29.6. The largest absolute Gasteiger partial charge is 0.497 e. The molecule has 0 unspecified atom stereocenters. The maximum atomic E-state index is 11.6. The first-order chi connectivity index (χ1) is 8.88. The van der Waals surface area contributed by atoms with E-state index in [1.54, 1.807) is 32.2 Å². The van der Waals surface area contributed by atoms with Crippen LogP contribution in [0.25, 0.3) is 0 Å². The SMILES string of the molecule is C=CC[C@H](C)N(Cc1ccc(OC)cc1)S(N)(=O)=O. The fraction of sp³-hybridized carbons (Fsp3) is 0.385. The number of methoxy groups -OCH3 is 1. The van der Waals surface area contributed by atoms with Gasteiger partial charge in [0.05, 0.1) is 7.11 Å². The number of hydrogen-bond donors (Lipinski definition) is 1. The number of ether oxygens (including phenoxy) is 1. The van der Waals surface area contributed by atoms with Gasteiger partial charge in [0.25, 0.3) is 10.2 Å². The van der Waals surface area contributed by atoms with Crippen molar-refractivity contribution in [3.05, 3.63) is 42.5 Å². The van der Waals surface area contributed by atoms with Crippen molar-refractivity contribution in [2.75, 3.05) is 7.11 Å². The smallest absolute Gasteiger partial charge is 0.277 e. The highest BCUT2D eigenvalue weighted by atomic mass is 32.2. The second-order valence-electron chi connectivity index (χ2n) is 4.31. The number of hydrogen-bond acceptors (Lipinski definition) is 3. The average molecular weight is 284 g/mol. The molecule has 0 saturated carbocycles. The Hall–Kier alpha value is -1.37. The minimum Gasteiger partial charge on any atom is -0.497 e. The highest BCUT2D eigenvalue weighted by Gasteiger charge is 2.23. The van der Waals surface area contributed by atoms with Gasteiger partial charge in [0.2, 0.25) is 0 Å². The molecule has 6 heteroatoms. The summed E-state index contributed by atoms with van der Waals surface area (Å²) in [4.78, 5) is 0. The molecule has 1 aromatic carbocycles. The van der Waals surface area contributed by atoms with E-state index in [0.29, 0.717) is 6.42 Å². The first kappa shape index (κ1) is 15.7. The zero-order chi connectivity index (χ0) is 14.5. The molecule has 0 aliphatic heterocycles. The molecule has 0 saturated heterocycles. The summed E-state index contributed by atoms with van der Waals surface area (Å²) in [7, 11) is -2.16. The van der Waals surface area contributed by atoms with Gasteiger partial charge in [0, 0.05) is 12.6 Å². The van der Waals surface area contributed by atoms with Crippen LogP contribution in [0.2, 0.25) is 0 Å². The Morgan fingerprint density at radius 2 is 2.00 bits per heavy atom. The topological polar surface area (TPSA) is 72.6 Å². The van der Waals surface area contributed by atoms with Gasteiger partial charge in [-0.05, 0) is 31.0 Å². The first-order valence-corrected chi connectivity index (χ1v) is 7.42. The summed E-state index contributed by atoms with van der Waals surface area (Å²) in [6.07, 6.45) is 2.23. The normalized spacial score (nSPS) is 13.3. The van der Waals surface area contributed by atoms with Crippen LogP contribution in [0, 0.1) is 0 Å². The molecule has 106 valence electrons. The number of nitrogens with two attached hydrogens (primary N) is 1. The van der Waals surface area contributed by atoms with E-state index in [9.17, 15) is 8.42 Å². The molecular formula is C13H20N2O3S. The van der Waals surface area contributed by atoms with E-state index < -0.39 is 10.2 Å². The molecule has 1 aromatic rings. The zero-order valence-electron chi connectivity index (χ0n) is 11.2. The fourth-order valence-electron chi connectivity index (χ4n) is 1.77. The second kappa shape index (κ2) is 6.70. The molecule has 0 spiro atoms. The Morgan fingerprint density at radius 3 is 2.42 bits per heavy atom. The molecule has 0 bridgehead atoms. The van der Waals surface area contributed by atoms with Gasteiger partial charge >= 0.3 is 0 Å². The highest BCUT2D eigenvalue weighted by Crippen LogP contribution is 2.16. The van der Waals surface area contributed by atoms with Gasteiger partial charge in [-0.25, -0.2) is 5.14 Å². The van der Waals surface area contributed by atoms with Crippen molar-refractivity contribution in [1.82, 2.24) is 4.31 Å². The van der Waals surface area contributed by atoms with Gasteiger partial charge in [-0.2, -0.15) is 12.7 Å². The molecule has 0 fully saturated rings. The van der Waals surface area contributed by atoms with Gasteiger partial charge in [-0.15, -0.1) is 6.58 Å². The van der Waals surface area contributed by atoms with Crippen molar-refractivity contribution in [3.8, 4) is 5.75 Å². The monoisotopic (exact) mass is 284 g/mol. The quantitative estimate of drug-likeness (QED) is 0.774. The van der Waals surface area contributed by atoms with Gasteiger partial charge in [0.15, 0.2) is 0 Å². The lowest BCUT2D eigenvalue weighted by molar-refractivity contribution is 0.331. The lowest BCUT2D eigenvalue weighted by Crippen LogP contribution is -2.42. The van der Waals surface area contributed by atoms with Crippen LogP contribution in [0.3, 0.4) is 0 Å².